The highest BCUT2D eigenvalue weighted by molar-refractivity contribution is 9.11. The van der Waals surface area contributed by atoms with Crippen LogP contribution in [0, 0.1) is 0 Å². The number of aliphatic hydroxyl groups is 1. The fourth-order valence-corrected chi connectivity index (χ4v) is 10.7. The lowest BCUT2D eigenvalue weighted by Gasteiger charge is -2.30. The van der Waals surface area contributed by atoms with Gasteiger partial charge in [-0.1, -0.05) is 191 Å². The van der Waals surface area contributed by atoms with Gasteiger partial charge >= 0.3 is 0 Å². The van der Waals surface area contributed by atoms with Crippen LogP contribution in [0.15, 0.2) is 194 Å². The van der Waals surface area contributed by atoms with Crippen LogP contribution in [0.5, 0.6) is 0 Å². The van der Waals surface area contributed by atoms with E-state index in [2.05, 4.69) is 179 Å². The highest BCUT2D eigenvalue weighted by Crippen LogP contribution is 2.63. The van der Waals surface area contributed by atoms with Crippen molar-refractivity contribution in [3.8, 4) is 44.5 Å². The average Bonchev–Trinajstić information content (AvgIpc) is 3.77. The second kappa shape index (κ2) is 13.4. The minimum absolute atomic E-state index is 0.259. The molecule has 0 atom stereocenters. The van der Waals surface area contributed by atoms with Gasteiger partial charge in [-0.15, -0.1) is 0 Å². The van der Waals surface area contributed by atoms with Crippen LogP contribution in [0.25, 0.3) is 44.5 Å². The molecule has 0 radical (unpaired) electrons. The lowest BCUT2D eigenvalue weighted by molar-refractivity contribution is 0.131. The zero-order chi connectivity index (χ0) is 37.5. The predicted octanol–water partition coefficient (Wildman–Crippen LogP) is 14.7. The van der Waals surface area contributed by atoms with Gasteiger partial charge in [0.2, 0.25) is 0 Å². The molecule has 8 aromatic rings. The molecule has 3 aliphatic carbocycles. The first kappa shape index (κ1) is 35.1. The largest absolute Gasteiger partial charge is 0.376 e. The molecule has 0 saturated carbocycles. The van der Waals surface area contributed by atoms with Crippen LogP contribution in [0.3, 0.4) is 0 Å². The number of hydrogen-bond acceptors (Lipinski definition) is 1. The lowest BCUT2D eigenvalue weighted by Crippen LogP contribution is -2.27. The molecule has 0 unspecified atom stereocenters. The van der Waals surface area contributed by atoms with Crippen LogP contribution in [-0.4, -0.2) is 5.11 Å². The monoisotopic (exact) mass is 962 g/mol. The predicted molar refractivity (Wildman–Crippen MR) is 239 cm³/mol. The van der Waals surface area contributed by atoms with Crippen molar-refractivity contribution < 1.29 is 5.11 Å². The van der Waals surface area contributed by atoms with Crippen LogP contribution in [-0.2, 0) is 11.0 Å². The van der Waals surface area contributed by atoms with Gasteiger partial charge in [-0.2, -0.15) is 0 Å². The van der Waals surface area contributed by atoms with Gasteiger partial charge in [-0.05, 0) is 115 Å². The van der Waals surface area contributed by atoms with Crippen molar-refractivity contribution in [2.24, 2.45) is 0 Å². The highest BCUT2D eigenvalue weighted by atomic mass is 79.9. The Hall–Kier alpha value is -4.36. The van der Waals surface area contributed by atoms with Crippen molar-refractivity contribution in [2.75, 3.05) is 0 Å². The second-order valence-corrected chi connectivity index (χ2v) is 17.9. The molecule has 0 amide bonds. The molecule has 1 nitrogen and oxygen atoms in total. The van der Waals surface area contributed by atoms with Crippen LogP contribution >= 0.6 is 63.7 Å². The molecule has 11 rings (SSSR count). The number of fused-ring (bicyclic) bond motifs is 13. The molecule has 55 heavy (non-hydrogen) atoms. The Bertz CT molecular complexity index is 2690. The SMILES string of the molecule is Brc1ccc2c(c1)C1(c3ccccc3-c3ccccc31)c1cc(Br)ccc1-2.OC1(c2ccccc2-c2ccccc2)c2cc(Br)ccc2-c2ccc(Br)cc21. The minimum Gasteiger partial charge on any atom is -0.376 e. The first-order valence-corrected chi connectivity index (χ1v) is 21.2. The second-order valence-electron chi connectivity index (χ2n) is 14.2. The molecule has 1 spiro atoms. The molecular weight excluding hydrogens is 936 g/mol. The van der Waals surface area contributed by atoms with Gasteiger partial charge in [0, 0.05) is 34.6 Å². The molecule has 0 fully saturated rings. The first-order chi connectivity index (χ1) is 26.8. The Labute approximate surface area is 354 Å². The van der Waals surface area contributed by atoms with E-state index >= 15 is 0 Å². The molecule has 3 aliphatic rings. The number of rotatable bonds is 2. The van der Waals surface area contributed by atoms with Crippen molar-refractivity contribution in [1.82, 2.24) is 0 Å². The van der Waals surface area contributed by atoms with Crippen molar-refractivity contribution >= 4 is 63.7 Å². The highest BCUT2D eigenvalue weighted by Gasteiger charge is 2.51. The topological polar surface area (TPSA) is 20.2 Å². The summed E-state index contributed by atoms with van der Waals surface area (Å²) in [6.07, 6.45) is 0. The van der Waals surface area contributed by atoms with Crippen LogP contribution in [0.4, 0.5) is 0 Å². The summed E-state index contributed by atoms with van der Waals surface area (Å²) in [4.78, 5) is 0. The van der Waals surface area contributed by atoms with E-state index < -0.39 is 5.60 Å². The summed E-state index contributed by atoms with van der Waals surface area (Å²) in [6, 6.07) is 61.8. The molecule has 0 bridgehead atoms. The molecule has 0 heterocycles. The Morgan fingerprint density at radius 1 is 0.291 bits per heavy atom. The summed E-state index contributed by atoms with van der Waals surface area (Å²) < 4.78 is 4.14. The minimum atomic E-state index is -1.23. The third-order valence-corrected chi connectivity index (χ3v) is 13.4. The van der Waals surface area contributed by atoms with Crippen LogP contribution in [0.2, 0.25) is 0 Å². The van der Waals surface area contributed by atoms with Gasteiger partial charge in [0.25, 0.3) is 0 Å². The zero-order valence-corrected chi connectivity index (χ0v) is 35.5. The fraction of sp³-hybridized carbons (Fsp3) is 0.0400. The normalized spacial score (nSPS) is 14.2. The molecule has 0 saturated heterocycles. The summed E-state index contributed by atoms with van der Waals surface area (Å²) in [7, 11) is 0. The number of benzene rings is 8. The number of halogens is 4. The molecule has 5 heteroatoms. The zero-order valence-electron chi connectivity index (χ0n) is 29.2. The van der Waals surface area contributed by atoms with Crippen molar-refractivity contribution in [1.29, 1.82) is 0 Å². The molecule has 8 aromatic carbocycles. The van der Waals surface area contributed by atoms with Gasteiger partial charge in [0.1, 0.15) is 5.60 Å². The number of hydrogen-bond donors (Lipinski definition) is 1. The van der Waals surface area contributed by atoms with Gasteiger partial charge in [0.15, 0.2) is 0 Å². The Balaban J connectivity index is 0.000000135. The Kier molecular flexibility index (Phi) is 8.54. The van der Waals surface area contributed by atoms with E-state index in [0.29, 0.717) is 0 Å². The standard InChI is InChI=1S/C25H16Br2O.C25H14Br2/c26-17-10-12-20-21-13-11-18(27)15-24(21)25(28,23(20)14-17)22-9-5-4-8-19(22)16-6-2-1-3-7-16;26-15-9-11-19-20-12-10-16(27)14-24(20)25(23(19)13-15)21-7-3-1-5-17(21)18-6-2-4-8-22(18)25/h1-15,28H;1-14H. The molecule has 0 aliphatic heterocycles. The third-order valence-electron chi connectivity index (χ3n) is 11.4. The molecule has 264 valence electrons. The lowest BCUT2D eigenvalue weighted by atomic mass is 9.70. The summed E-state index contributed by atoms with van der Waals surface area (Å²) in [6.45, 7) is 0. The Morgan fingerprint density at radius 2 is 0.618 bits per heavy atom. The smallest absolute Gasteiger partial charge is 0.142 e. The third kappa shape index (κ3) is 5.24. The van der Waals surface area contributed by atoms with Crippen molar-refractivity contribution in [3.63, 3.8) is 0 Å². The van der Waals surface area contributed by atoms with E-state index in [1.807, 2.05) is 60.7 Å². The Morgan fingerprint density at radius 3 is 1.07 bits per heavy atom. The summed E-state index contributed by atoms with van der Waals surface area (Å²) in [5, 5.41) is 12.3. The van der Waals surface area contributed by atoms with Gasteiger partial charge in [0.05, 0.1) is 5.41 Å². The quantitative estimate of drug-likeness (QED) is 0.183. The first-order valence-electron chi connectivity index (χ1n) is 18.1. The van der Waals surface area contributed by atoms with Crippen LogP contribution in [0.1, 0.15) is 38.9 Å². The van der Waals surface area contributed by atoms with Crippen molar-refractivity contribution in [2.45, 2.75) is 11.0 Å². The summed E-state index contributed by atoms with van der Waals surface area (Å²) >= 11 is 14.6. The summed E-state index contributed by atoms with van der Waals surface area (Å²) in [5.74, 6) is 0. The molecular formula is C50H30Br4O. The summed E-state index contributed by atoms with van der Waals surface area (Å²) in [5.41, 5.74) is 16.3. The van der Waals surface area contributed by atoms with E-state index in [1.54, 1.807) is 0 Å². The van der Waals surface area contributed by atoms with E-state index in [4.69, 9.17) is 0 Å². The van der Waals surface area contributed by atoms with E-state index in [0.717, 1.165) is 56.8 Å². The fourth-order valence-electron chi connectivity index (χ4n) is 9.29. The van der Waals surface area contributed by atoms with Gasteiger partial charge < -0.3 is 5.11 Å². The maximum atomic E-state index is 12.3. The van der Waals surface area contributed by atoms with Crippen molar-refractivity contribution in [3.05, 3.63) is 233 Å². The maximum Gasteiger partial charge on any atom is 0.142 e. The van der Waals surface area contributed by atoms with E-state index in [1.165, 1.54) is 44.5 Å². The average molecular weight is 966 g/mol. The van der Waals surface area contributed by atoms with E-state index in [9.17, 15) is 5.11 Å². The molecule has 1 N–H and O–H groups in total. The van der Waals surface area contributed by atoms with E-state index in [-0.39, 0.29) is 5.41 Å². The van der Waals surface area contributed by atoms with Gasteiger partial charge in [-0.3, -0.25) is 0 Å². The van der Waals surface area contributed by atoms with Crippen LogP contribution < -0.4 is 0 Å². The maximum absolute atomic E-state index is 12.3. The van der Waals surface area contributed by atoms with Gasteiger partial charge in [-0.25, -0.2) is 0 Å². The molecule has 0 aromatic heterocycles.